The van der Waals surface area contributed by atoms with Crippen LogP contribution in [0.5, 0.6) is 5.75 Å². The van der Waals surface area contributed by atoms with E-state index in [1.165, 1.54) is 0 Å². The third-order valence-corrected chi connectivity index (χ3v) is 4.07. The van der Waals surface area contributed by atoms with E-state index in [2.05, 4.69) is 16.2 Å². The predicted octanol–water partition coefficient (Wildman–Crippen LogP) is 2.85. The SMILES string of the molecule is CCc1cccc(OCC(=O)NNC(=O)CCC(=O)Nc2ccccc2Cl)c1. The highest BCUT2D eigenvalue weighted by Gasteiger charge is 2.10. The van der Waals surface area contributed by atoms with Gasteiger partial charge in [0.2, 0.25) is 11.8 Å². The Balaban J connectivity index is 1.65. The molecule has 2 aromatic carbocycles. The largest absolute Gasteiger partial charge is 0.484 e. The molecule has 0 bridgehead atoms. The maximum absolute atomic E-state index is 11.9. The van der Waals surface area contributed by atoms with Gasteiger partial charge in [-0.05, 0) is 36.2 Å². The van der Waals surface area contributed by atoms with Gasteiger partial charge in [0.15, 0.2) is 6.61 Å². The van der Waals surface area contributed by atoms with E-state index in [1.54, 1.807) is 30.3 Å². The minimum Gasteiger partial charge on any atom is -0.484 e. The van der Waals surface area contributed by atoms with Crippen LogP contribution in [0.3, 0.4) is 0 Å². The van der Waals surface area contributed by atoms with Crippen molar-refractivity contribution in [2.45, 2.75) is 26.2 Å². The highest BCUT2D eigenvalue weighted by Crippen LogP contribution is 2.20. The van der Waals surface area contributed by atoms with E-state index < -0.39 is 11.8 Å². The Kier molecular flexibility index (Phi) is 8.30. The molecule has 3 N–H and O–H groups in total. The number of rotatable bonds is 8. The molecule has 8 heteroatoms. The summed E-state index contributed by atoms with van der Waals surface area (Å²) in [5.41, 5.74) is 6.07. The smallest absolute Gasteiger partial charge is 0.276 e. The number of carbonyl (C=O) groups is 3. The zero-order valence-electron chi connectivity index (χ0n) is 15.5. The number of amides is 3. The molecule has 28 heavy (non-hydrogen) atoms. The summed E-state index contributed by atoms with van der Waals surface area (Å²) in [6.45, 7) is 1.79. The number of nitrogens with one attached hydrogen (secondary N) is 3. The number of hydrogen-bond acceptors (Lipinski definition) is 4. The molecule has 0 fully saturated rings. The van der Waals surface area contributed by atoms with Crippen LogP contribution in [0.15, 0.2) is 48.5 Å². The van der Waals surface area contributed by atoms with E-state index >= 15 is 0 Å². The van der Waals surface area contributed by atoms with Crippen LogP contribution in [0.4, 0.5) is 5.69 Å². The summed E-state index contributed by atoms with van der Waals surface area (Å²) >= 11 is 5.95. The van der Waals surface area contributed by atoms with Gasteiger partial charge in [-0.2, -0.15) is 0 Å². The molecule has 0 aliphatic rings. The molecule has 7 nitrogen and oxygen atoms in total. The number of carbonyl (C=O) groups excluding carboxylic acids is 3. The first-order valence-electron chi connectivity index (χ1n) is 8.81. The van der Waals surface area contributed by atoms with Gasteiger partial charge >= 0.3 is 0 Å². The van der Waals surface area contributed by atoms with Crippen LogP contribution >= 0.6 is 11.6 Å². The minimum absolute atomic E-state index is 0.0484. The standard InChI is InChI=1S/C20H22ClN3O4/c1-2-14-6-5-7-15(12-14)28-13-20(27)24-23-19(26)11-10-18(25)22-17-9-4-3-8-16(17)21/h3-9,12H,2,10-11,13H2,1H3,(H,22,25)(H,23,26)(H,24,27). The summed E-state index contributed by atoms with van der Waals surface area (Å²) in [7, 11) is 0. The van der Waals surface area contributed by atoms with Gasteiger partial charge < -0.3 is 10.1 Å². The number of para-hydroxylation sites is 1. The first-order chi connectivity index (χ1) is 13.5. The predicted molar refractivity (Wildman–Crippen MR) is 107 cm³/mol. The van der Waals surface area contributed by atoms with E-state index in [-0.39, 0.29) is 25.4 Å². The molecule has 0 radical (unpaired) electrons. The average Bonchev–Trinajstić information content (AvgIpc) is 2.71. The van der Waals surface area contributed by atoms with Gasteiger partial charge in [0.05, 0.1) is 10.7 Å². The summed E-state index contributed by atoms with van der Waals surface area (Å²) in [4.78, 5) is 35.4. The summed E-state index contributed by atoms with van der Waals surface area (Å²) in [5, 5.41) is 3.03. The van der Waals surface area contributed by atoms with Crippen LogP contribution < -0.4 is 20.9 Å². The van der Waals surface area contributed by atoms with Crippen molar-refractivity contribution in [1.82, 2.24) is 10.9 Å². The molecule has 0 saturated heterocycles. The second kappa shape index (κ2) is 10.9. The number of halogens is 1. The van der Waals surface area contributed by atoms with Gasteiger partial charge in [-0.15, -0.1) is 0 Å². The lowest BCUT2D eigenvalue weighted by Crippen LogP contribution is -2.44. The number of aryl methyl sites for hydroxylation is 1. The number of hydrogen-bond donors (Lipinski definition) is 3. The van der Waals surface area contributed by atoms with Crippen molar-refractivity contribution in [2.75, 3.05) is 11.9 Å². The Bertz CT molecular complexity index is 842. The first-order valence-corrected chi connectivity index (χ1v) is 9.19. The molecule has 0 unspecified atom stereocenters. The summed E-state index contributed by atoms with van der Waals surface area (Å²) in [5.74, 6) is -0.766. The van der Waals surface area contributed by atoms with Gasteiger partial charge in [0, 0.05) is 12.8 Å². The normalized spacial score (nSPS) is 10.1. The maximum atomic E-state index is 11.9. The summed E-state index contributed by atoms with van der Waals surface area (Å²) in [6.07, 6.45) is 0.729. The van der Waals surface area contributed by atoms with Crippen molar-refractivity contribution in [3.63, 3.8) is 0 Å². The second-order valence-corrected chi connectivity index (χ2v) is 6.32. The van der Waals surface area contributed by atoms with Crippen LogP contribution in [0.1, 0.15) is 25.3 Å². The Morgan fingerprint density at radius 1 is 0.929 bits per heavy atom. The molecular weight excluding hydrogens is 382 g/mol. The highest BCUT2D eigenvalue weighted by atomic mass is 35.5. The number of hydrazine groups is 1. The fourth-order valence-corrected chi connectivity index (χ4v) is 2.43. The third kappa shape index (κ3) is 7.28. The lowest BCUT2D eigenvalue weighted by atomic mass is 10.2. The molecule has 148 valence electrons. The van der Waals surface area contributed by atoms with Gasteiger partial charge in [0.1, 0.15) is 5.75 Å². The molecule has 3 amide bonds. The quantitative estimate of drug-likeness (QED) is 0.590. The van der Waals surface area contributed by atoms with Gasteiger partial charge in [0.25, 0.3) is 5.91 Å². The lowest BCUT2D eigenvalue weighted by Gasteiger charge is -2.10. The van der Waals surface area contributed by atoms with Crippen LogP contribution in [0, 0.1) is 0 Å². The van der Waals surface area contributed by atoms with Gasteiger partial charge in [-0.25, -0.2) is 0 Å². The average molecular weight is 404 g/mol. The first kappa shape index (κ1) is 21.2. The second-order valence-electron chi connectivity index (χ2n) is 5.91. The zero-order valence-corrected chi connectivity index (χ0v) is 16.2. The van der Waals surface area contributed by atoms with E-state index in [0.29, 0.717) is 16.5 Å². The molecule has 0 aromatic heterocycles. The van der Waals surface area contributed by atoms with E-state index in [9.17, 15) is 14.4 Å². The molecular formula is C20H22ClN3O4. The van der Waals surface area contributed by atoms with Crippen LogP contribution in [-0.4, -0.2) is 24.3 Å². The van der Waals surface area contributed by atoms with E-state index in [0.717, 1.165) is 12.0 Å². The number of anilines is 1. The van der Waals surface area contributed by atoms with Gasteiger partial charge in [-0.1, -0.05) is 42.8 Å². The van der Waals surface area contributed by atoms with Crippen molar-refractivity contribution in [3.8, 4) is 5.75 Å². The highest BCUT2D eigenvalue weighted by molar-refractivity contribution is 6.33. The number of benzene rings is 2. The monoisotopic (exact) mass is 403 g/mol. The minimum atomic E-state index is -0.504. The Morgan fingerprint density at radius 2 is 1.64 bits per heavy atom. The van der Waals surface area contributed by atoms with E-state index in [4.69, 9.17) is 16.3 Å². The maximum Gasteiger partial charge on any atom is 0.276 e. The lowest BCUT2D eigenvalue weighted by molar-refractivity contribution is -0.130. The van der Waals surface area contributed by atoms with Crippen molar-refractivity contribution in [2.24, 2.45) is 0 Å². The Morgan fingerprint density at radius 3 is 2.39 bits per heavy atom. The Labute approximate surface area is 168 Å². The van der Waals surface area contributed by atoms with Crippen molar-refractivity contribution in [1.29, 1.82) is 0 Å². The fraction of sp³-hybridized carbons (Fsp3) is 0.250. The van der Waals surface area contributed by atoms with Crippen molar-refractivity contribution < 1.29 is 19.1 Å². The Hall–Kier alpha value is -3.06. The van der Waals surface area contributed by atoms with Crippen LogP contribution in [0.2, 0.25) is 5.02 Å². The molecule has 2 aromatic rings. The summed E-state index contributed by atoms with van der Waals surface area (Å²) in [6, 6.07) is 14.2. The van der Waals surface area contributed by atoms with Crippen LogP contribution in [-0.2, 0) is 20.8 Å². The molecule has 0 aliphatic carbocycles. The third-order valence-electron chi connectivity index (χ3n) is 3.75. The van der Waals surface area contributed by atoms with Gasteiger partial charge in [-0.3, -0.25) is 25.2 Å². The molecule has 0 atom stereocenters. The van der Waals surface area contributed by atoms with Crippen LogP contribution in [0.25, 0.3) is 0 Å². The number of ether oxygens (including phenoxy) is 1. The summed E-state index contributed by atoms with van der Waals surface area (Å²) < 4.78 is 5.38. The van der Waals surface area contributed by atoms with Crippen molar-refractivity contribution >= 4 is 35.0 Å². The topological polar surface area (TPSA) is 96.5 Å². The molecule has 0 aliphatic heterocycles. The molecule has 0 heterocycles. The molecule has 2 rings (SSSR count). The molecule has 0 spiro atoms. The zero-order chi connectivity index (χ0) is 20.4. The molecule has 0 saturated carbocycles. The van der Waals surface area contributed by atoms with E-state index in [1.807, 2.05) is 25.1 Å². The fourth-order valence-electron chi connectivity index (χ4n) is 2.24. The van der Waals surface area contributed by atoms with Crippen molar-refractivity contribution in [3.05, 3.63) is 59.1 Å².